The van der Waals surface area contributed by atoms with Crippen LogP contribution in [0, 0.1) is 0 Å². The van der Waals surface area contributed by atoms with Crippen molar-refractivity contribution in [2.75, 3.05) is 6.54 Å². The lowest BCUT2D eigenvalue weighted by molar-refractivity contribution is 0.0956. The van der Waals surface area contributed by atoms with E-state index in [4.69, 9.17) is 0 Å². The highest BCUT2D eigenvalue weighted by Crippen LogP contribution is 2.24. The van der Waals surface area contributed by atoms with Crippen molar-refractivity contribution < 1.29 is 4.79 Å². The molecule has 0 aliphatic carbocycles. The van der Waals surface area contributed by atoms with Crippen molar-refractivity contribution in [1.29, 1.82) is 0 Å². The van der Waals surface area contributed by atoms with Gasteiger partial charge in [0.25, 0.3) is 5.91 Å². The highest BCUT2D eigenvalue weighted by atomic mass is 16.1. The molecule has 124 valence electrons. The largest absolute Gasteiger partial charge is 0.352 e. The molecule has 6 heteroatoms. The molecule has 0 saturated carbocycles. The first-order valence-corrected chi connectivity index (χ1v) is 8.11. The third kappa shape index (κ3) is 3.01. The molecule has 0 spiro atoms. The molecule has 0 aromatic carbocycles. The Labute approximate surface area is 144 Å². The zero-order valence-corrected chi connectivity index (χ0v) is 13.5. The zero-order chi connectivity index (χ0) is 17.1. The second kappa shape index (κ2) is 6.60. The molecule has 25 heavy (non-hydrogen) atoms. The molecule has 0 radical (unpaired) electrons. The van der Waals surface area contributed by atoms with E-state index in [2.05, 4.69) is 20.5 Å². The van der Waals surface area contributed by atoms with Gasteiger partial charge >= 0.3 is 0 Å². The van der Waals surface area contributed by atoms with Crippen LogP contribution < -0.4 is 5.32 Å². The molecule has 1 amide bonds. The molecule has 0 fully saturated rings. The van der Waals surface area contributed by atoms with E-state index >= 15 is 0 Å². The number of aromatic amines is 1. The number of nitrogens with one attached hydrogen (secondary N) is 2. The fourth-order valence-corrected chi connectivity index (χ4v) is 2.89. The average molecular weight is 331 g/mol. The first-order valence-electron chi connectivity index (χ1n) is 8.11. The van der Waals surface area contributed by atoms with Crippen molar-refractivity contribution in [1.82, 2.24) is 24.9 Å². The molecule has 0 bridgehead atoms. The van der Waals surface area contributed by atoms with Crippen LogP contribution in [0.25, 0.3) is 16.9 Å². The van der Waals surface area contributed by atoms with Crippen LogP contribution in [-0.4, -0.2) is 32.0 Å². The number of aromatic nitrogens is 4. The minimum absolute atomic E-state index is 0.0922. The van der Waals surface area contributed by atoms with E-state index in [1.807, 2.05) is 59.1 Å². The van der Waals surface area contributed by atoms with Gasteiger partial charge in [0.05, 0.1) is 22.5 Å². The van der Waals surface area contributed by atoms with Crippen LogP contribution in [0.4, 0.5) is 0 Å². The van der Waals surface area contributed by atoms with Crippen LogP contribution in [-0.2, 0) is 6.42 Å². The maximum Gasteiger partial charge on any atom is 0.253 e. The van der Waals surface area contributed by atoms with Gasteiger partial charge in [-0.3, -0.25) is 14.9 Å². The number of H-pyrrole nitrogens is 1. The lowest BCUT2D eigenvalue weighted by Gasteiger charge is -2.04. The summed E-state index contributed by atoms with van der Waals surface area (Å²) in [7, 11) is 0. The number of nitrogens with zero attached hydrogens (tertiary/aromatic N) is 3. The summed E-state index contributed by atoms with van der Waals surface area (Å²) in [6.45, 7) is 0.541. The molecule has 2 N–H and O–H groups in total. The molecule has 0 unspecified atom stereocenters. The fraction of sp³-hybridized carbons (Fsp3) is 0.105. The summed E-state index contributed by atoms with van der Waals surface area (Å²) in [6, 6.07) is 15.4. The Morgan fingerprint density at radius 1 is 1.12 bits per heavy atom. The third-order valence-electron chi connectivity index (χ3n) is 4.09. The Hall–Kier alpha value is -3.41. The van der Waals surface area contributed by atoms with Gasteiger partial charge in [0.1, 0.15) is 0 Å². The van der Waals surface area contributed by atoms with E-state index in [9.17, 15) is 4.79 Å². The van der Waals surface area contributed by atoms with Gasteiger partial charge in [0.15, 0.2) is 0 Å². The smallest absolute Gasteiger partial charge is 0.253 e. The van der Waals surface area contributed by atoms with Crippen LogP contribution in [0.5, 0.6) is 0 Å². The first-order chi connectivity index (χ1) is 12.3. The number of rotatable bonds is 5. The Kier molecular flexibility index (Phi) is 4.00. The molecular formula is C19H17N5O. The lowest BCUT2D eigenvalue weighted by atomic mass is 10.2. The molecule has 0 aliphatic rings. The highest BCUT2D eigenvalue weighted by molar-refractivity contribution is 6.02. The number of carbonyl (C=O) groups is 1. The van der Waals surface area contributed by atoms with E-state index in [1.165, 1.54) is 0 Å². The van der Waals surface area contributed by atoms with Crippen molar-refractivity contribution in [3.05, 3.63) is 78.4 Å². The molecular weight excluding hydrogens is 314 g/mol. The van der Waals surface area contributed by atoms with Crippen molar-refractivity contribution in [2.24, 2.45) is 0 Å². The average Bonchev–Trinajstić information content (AvgIpc) is 3.30. The summed E-state index contributed by atoms with van der Waals surface area (Å²) in [4.78, 5) is 16.9. The predicted molar refractivity (Wildman–Crippen MR) is 95.3 cm³/mol. The van der Waals surface area contributed by atoms with E-state index in [-0.39, 0.29) is 5.91 Å². The quantitative estimate of drug-likeness (QED) is 0.590. The van der Waals surface area contributed by atoms with Crippen molar-refractivity contribution in [3.63, 3.8) is 0 Å². The summed E-state index contributed by atoms with van der Waals surface area (Å²) in [6.07, 6.45) is 6.10. The zero-order valence-electron chi connectivity index (χ0n) is 13.5. The summed E-state index contributed by atoms with van der Waals surface area (Å²) in [5.74, 6) is -0.0922. The maximum absolute atomic E-state index is 12.7. The summed E-state index contributed by atoms with van der Waals surface area (Å²) in [5, 5.41) is 9.93. The minimum Gasteiger partial charge on any atom is -0.352 e. The molecule has 6 nitrogen and oxygen atoms in total. The monoisotopic (exact) mass is 331 g/mol. The van der Waals surface area contributed by atoms with Crippen molar-refractivity contribution in [2.45, 2.75) is 6.42 Å². The van der Waals surface area contributed by atoms with Gasteiger partial charge in [0, 0.05) is 37.3 Å². The summed E-state index contributed by atoms with van der Waals surface area (Å²) < 4.78 is 1.99. The Morgan fingerprint density at radius 3 is 2.84 bits per heavy atom. The van der Waals surface area contributed by atoms with Gasteiger partial charge in [-0.1, -0.05) is 12.1 Å². The number of pyridine rings is 2. The minimum atomic E-state index is -0.0922. The molecule has 0 aliphatic heterocycles. The molecule has 4 aromatic heterocycles. The van der Waals surface area contributed by atoms with E-state index in [0.717, 1.165) is 22.6 Å². The number of carbonyl (C=O) groups excluding carboxylic acids is 1. The molecule has 4 aromatic rings. The molecule has 0 saturated heterocycles. The van der Waals surface area contributed by atoms with E-state index in [1.54, 1.807) is 12.4 Å². The standard InChI is InChI=1S/C19H17N5O/c25-19(21-10-7-14-5-1-3-9-20-14)15-13-18(16-8-11-22-23-16)24-12-4-2-6-17(15)24/h1-6,8-9,11-13H,7,10H2,(H,21,25)(H,22,23). The van der Waals surface area contributed by atoms with Crippen molar-refractivity contribution in [3.8, 4) is 11.4 Å². The Bertz CT molecular complexity index is 989. The molecule has 4 rings (SSSR count). The predicted octanol–water partition coefficient (Wildman–Crippen LogP) is 2.70. The van der Waals surface area contributed by atoms with Gasteiger partial charge in [-0.15, -0.1) is 0 Å². The number of hydrogen-bond donors (Lipinski definition) is 2. The van der Waals surface area contributed by atoms with Crippen LogP contribution in [0.15, 0.2) is 67.1 Å². The maximum atomic E-state index is 12.7. The molecule has 4 heterocycles. The second-order valence-corrected chi connectivity index (χ2v) is 5.70. The van der Waals surface area contributed by atoms with Gasteiger partial charge in [0.2, 0.25) is 0 Å². The van der Waals surface area contributed by atoms with Gasteiger partial charge in [-0.25, -0.2) is 0 Å². The van der Waals surface area contributed by atoms with E-state index in [0.29, 0.717) is 18.5 Å². The van der Waals surface area contributed by atoms with Crippen LogP contribution in [0.1, 0.15) is 16.1 Å². The first kappa shape index (κ1) is 15.1. The Morgan fingerprint density at radius 2 is 2.04 bits per heavy atom. The Balaban J connectivity index is 1.57. The van der Waals surface area contributed by atoms with Crippen LogP contribution >= 0.6 is 0 Å². The van der Waals surface area contributed by atoms with Crippen LogP contribution in [0.3, 0.4) is 0 Å². The second-order valence-electron chi connectivity index (χ2n) is 5.70. The third-order valence-corrected chi connectivity index (χ3v) is 4.09. The van der Waals surface area contributed by atoms with Gasteiger partial charge in [-0.2, -0.15) is 5.10 Å². The SMILES string of the molecule is O=C(NCCc1ccccn1)c1cc(-c2ccn[nH]2)n2ccccc12. The molecule has 0 atom stereocenters. The van der Waals surface area contributed by atoms with Gasteiger partial charge in [-0.05, 0) is 36.4 Å². The highest BCUT2D eigenvalue weighted by Gasteiger charge is 2.16. The summed E-state index contributed by atoms with van der Waals surface area (Å²) in [5.41, 5.74) is 4.24. The number of fused-ring (bicyclic) bond motifs is 1. The van der Waals surface area contributed by atoms with Gasteiger partial charge < -0.3 is 9.72 Å². The number of amides is 1. The topological polar surface area (TPSA) is 75.1 Å². The number of hydrogen-bond acceptors (Lipinski definition) is 3. The van der Waals surface area contributed by atoms with E-state index < -0.39 is 0 Å². The normalized spacial score (nSPS) is 10.9. The fourth-order valence-electron chi connectivity index (χ4n) is 2.89. The van der Waals surface area contributed by atoms with Crippen LogP contribution in [0.2, 0.25) is 0 Å². The summed E-state index contributed by atoms with van der Waals surface area (Å²) >= 11 is 0. The lowest BCUT2D eigenvalue weighted by Crippen LogP contribution is -2.25. The van der Waals surface area contributed by atoms with Crippen molar-refractivity contribution >= 4 is 11.4 Å².